The second-order valence-electron chi connectivity index (χ2n) is 7.30. The van der Waals surface area contributed by atoms with E-state index in [0.29, 0.717) is 17.8 Å². The first-order valence-corrected chi connectivity index (χ1v) is 9.85. The molecular formula is C23H24N2O5. The zero-order chi connectivity index (χ0) is 21.8. The van der Waals surface area contributed by atoms with E-state index in [-0.39, 0.29) is 23.5 Å². The van der Waals surface area contributed by atoms with Crippen LogP contribution in [0.15, 0.2) is 60.0 Å². The number of amides is 1. The number of ether oxygens (including phenoxy) is 1. The maximum Gasteiger partial charge on any atom is 0.338 e. The molecule has 2 aromatic rings. The van der Waals surface area contributed by atoms with Crippen molar-refractivity contribution in [2.75, 3.05) is 11.5 Å². The molecule has 0 saturated carbocycles. The van der Waals surface area contributed by atoms with E-state index in [1.807, 2.05) is 6.92 Å². The molecule has 0 aliphatic carbocycles. The van der Waals surface area contributed by atoms with E-state index >= 15 is 0 Å². The first-order valence-electron chi connectivity index (χ1n) is 9.85. The van der Waals surface area contributed by atoms with Crippen molar-refractivity contribution in [1.29, 1.82) is 0 Å². The Kier molecular flexibility index (Phi) is 6.30. The van der Waals surface area contributed by atoms with E-state index < -0.39 is 29.6 Å². The number of anilines is 1. The van der Waals surface area contributed by atoms with Gasteiger partial charge in [-0.25, -0.2) is 4.79 Å². The Balaban J connectivity index is 2.09. The quantitative estimate of drug-likeness (QED) is 0.701. The molecule has 1 aliphatic heterocycles. The average molecular weight is 408 g/mol. The van der Waals surface area contributed by atoms with Crippen LogP contribution in [0.25, 0.3) is 0 Å². The standard InChI is InChI=1S/C23H24N2O5/c1-4-12-30-23(29)15-8-7-9-16(13-15)25-19(17-10-5-6-11-24-17)18(20(26)14(2)3)21(27)22(25)28/h5-11,13-14,19,27H,4,12H2,1-3H3. The third-order valence-corrected chi connectivity index (χ3v) is 4.76. The number of carbonyl (C=O) groups is 3. The van der Waals surface area contributed by atoms with Crippen molar-refractivity contribution in [3.63, 3.8) is 0 Å². The number of nitrogens with zero attached hydrogens (tertiary/aromatic N) is 2. The van der Waals surface area contributed by atoms with Crippen molar-refractivity contribution in [2.45, 2.75) is 33.2 Å². The van der Waals surface area contributed by atoms with Crippen LogP contribution in [0.1, 0.15) is 49.3 Å². The SMILES string of the molecule is CCCOC(=O)c1cccc(N2C(=O)C(O)=C(C(=O)C(C)C)C2c2ccccn2)c1. The number of benzene rings is 1. The molecule has 7 heteroatoms. The summed E-state index contributed by atoms with van der Waals surface area (Å²) in [5, 5.41) is 10.6. The molecule has 30 heavy (non-hydrogen) atoms. The molecular weight excluding hydrogens is 384 g/mol. The van der Waals surface area contributed by atoms with Crippen LogP contribution in [0.2, 0.25) is 0 Å². The zero-order valence-corrected chi connectivity index (χ0v) is 17.2. The highest BCUT2D eigenvalue weighted by Gasteiger charge is 2.45. The Labute approximate surface area is 175 Å². The molecule has 1 aromatic carbocycles. The number of ketones is 1. The van der Waals surface area contributed by atoms with E-state index in [4.69, 9.17) is 4.74 Å². The van der Waals surface area contributed by atoms with Crippen LogP contribution >= 0.6 is 0 Å². The van der Waals surface area contributed by atoms with E-state index in [0.717, 1.165) is 0 Å². The lowest BCUT2D eigenvalue weighted by atomic mass is 9.93. The summed E-state index contributed by atoms with van der Waals surface area (Å²) in [6.45, 7) is 5.59. The minimum Gasteiger partial charge on any atom is -0.503 e. The summed E-state index contributed by atoms with van der Waals surface area (Å²) in [6, 6.07) is 10.6. The fourth-order valence-corrected chi connectivity index (χ4v) is 3.31. The van der Waals surface area contributed by atoms with Gasteiger partial charge in [0.05, 0.1) is 23.4 Å². The largest absolute Gasteiger partial charge is 0.503 e. The molecule has 2 heterocycles. The molecule has 3 rings (SSSR count). The van der Waals surface area contributed by atoms with Gasteiger partial charge in [-0.15, -0.1) is 0 Å². The topological polar surface area (TPSA) is 96.8 Å². The lowest BCUT2D eigenvalue weighted by Crippen LogP contribution is -2.32. The van der Waals surface area contributed by atoms with Gasteiger partial charge in [-0.05, 0) is 36.8 Å². The van der Waals surface area contributed by atoms with Gasteiger partial charge in [0.1, 0.15) is 6.04 Å². The molecule has 0 spiro atoms. The van der Waals surface area contributed by atoms with E-state index in [2.05, 4.69) is 4.98 Å². The molecule has 0 saturated heterocycles. The van der Waals surface area contributed by atoms with Gasteiger partial charge in [0.25, 0.3) is 5.91 Å². The highest BCUT2D eigenvalue weighted by Crippen LogP contribution is 2.41. The van der Waals surface area contributed by atoms with Crippen LogP contribution in [-0.2, 0) is 14.3 Å². The summed E-state index contributed by atoms with van der Waals surface area (Å²) >= 11 is 0. The Morgan fingerprint density at radius 3 is 2.60 bits per heavy atom. The van der Waals surface area contributed by atoms with Crippen molar-refractivity contribution in [3.8, 4) is 0 Å². The average Bonchev–Trinajstić information content (AvgIpc) is 3.02. The third kappa shape index (κ3) is 3.96. The number of aliphatic hydroxyl groups excluding tert-OH is 1. The van der Waals surface area contributed by atoms with E-state index in [1.165, 1.54) is 11.0 Å². The highest BCUT2D eigenvalue weighted by molar-refractivity contribution is 6.17. The normalized spacial score (nSPS) is 16.3. The maximum absolute atomic E-state index is 13.0. The van der Waals surface area contributed by atoms with Gasteiger partial charge in [-0.3, -0.25) is 19.5 Å². The van der Waals surface area contributed by atoms with Crippen molar-refractivity contribution in [3.05, 3.63) is 71.3 Å². The first-order chi connectivity index (χ1) is 14.4. The number of carbonyl (C=O) groups excluding carboxylic acids is 3. The number of Topliss-reactive ketones (excluding diaryl/α,β-unsaturated/α-hetero) is 1. The molecule has 1 unspecified atom stereocenters. The Morgan fingerprint density at radius 2 is 1.97 bits per heavy atom. The predicted molar refractivity (Wildman–Crippen MR) is 111 cm³/mol. The molecule has 0 fully saturated rings. The van der Waals surface area contributed by atoms with Gasteiger partial charge < -0.3 is 9.84 Å². The number of rotatable bonds is 7. The maximum atomic E-state index is 13.0. The van der Waals surface area contributed by atoms with Gasteiger partial charge in [0, 0.05) is 17.8 Å². The lowest BCUT2D eigenvalue weighted by molar-refractivity contribution is -0.119. The number of aliphatic hydroxyl groups is 1. The minimum absolute atomic E-state index is 0.00709. The van der Waals surface area contributed by atoms with Crippen LogP contribution in [0, 0.1) is 5.92 Å². The molecule has 0 bridgehead atoms. The molecule has 7 nitrogen and oxygen atoms in total. The van der Waals surface area contributed by atoms with Crippen molar-refractivity contribution in [2.24, 2.45) is 5.92 Å². The van der Waals surface area contributed by atoms with Gasteiger partial charge >= 0.3 is 5.97 Å². The number of hydrogen-bond donors (Lipinski definition) is 1. The van der Waals surface area contributed by atoms with Crippen molar-refractivity contribution < 1.29 is 24.2 Å². The van der Waals surface area contributed by atoms with Crippen LogP contribution in [0.4, 0.5) is 5.69 Å². The Bertz CT molecular complexity index is 998. The second kappa shape index (κ2) is 8.90. The molecule has 156 valence electrons. The second-order valence-corrected chi connectivity index (χ2v) is 7.30. The Hall–Kier alpha value is -3.48. The summed E-state index contributed by atoms with van der Waals surface area (Å²) in [7, 11) is 0. The monoisotopic (exact) mass is 408 g/mol. The Morgan fingerprint density at radius 1 is 1.20 bits per heavy atom. The summed E-state index contributed by atoms with van der Waals surface area (Å²) < 4.78 is 5.18. The summed E-state index contributed by atoms with van der Waals surface area (Å²) in [5.41, 5.74) is 1.09. The third-order valence-electron chi connectivity index (χ3n) is 4.76. The van der Waals surface area contributed by atoms with Gasteiger partial charge in [0.2, 0.25) is 0 Å². The fraction of sp³-hybridized carbons (Fsp3) is 0.304. The van der Waals surface area contributed by atoms with Gasteiger partial charge in [-0.2, -0.15) is 0 Å². The molecule has 1 aromatic heterocycles. The molecule has 1 N–H and O–H groups in total. The molecule has 1 aliphatic rings. The summed E-state index contributed by atoms with van der Waals surface area (Å²) in [5.74, 6) is -2.57. The van der Waals surface area contributed by atoms with Crippen LogP contribution in [0.3, 0.4) is 0 Å². The van der Waals surface area contributed by atoms with E-state index in [9.17, 15) is 19.5 Å². The van der Waals surface area contributed by atoms with Crippen LogP contribution in [-0.4, -0.2) is 34.4 Å². The van der Waals surface area contributed by atoms with Gasteiger partial charge in [-0.1, -0.05) is 32.9 Å². The molecule has 1 atom stereocenters. The van der Waals surface area contributed by atoms with E-state index in [1.54, 1.807) is 56.4 Å². The molecule has 1 amide bonds. The van der Waals surface area contributed by atoms with Crippen LogP contribution in [0.5, 0.6) is 0 Å². The number of pyridine rings is 1. The number of esters is 1. The smallest absolute Gasteiger partial charge is 0.338 e. The van der Waals surface area contributed by atoms with Crippen molar-refractivity contribution in [1.82, 2.24) is 4.98 Å². The van der Waals surface area contributed by atoms with Gasteiger partial charge in [0.15, 0.2) is 11.5 Å². The first kappa shape index (κ1) is 21.2. The predicted octanol–water partition coefficient (Wildman–Crippen LogP) is 3.77. The number of aromatic nitrogens is 1. The lowest BCUT2D eigenvalue weighted by Gasteiger charge is -2.26. The summed E-state index contributed by atoms with van der Waals surface area (Å²) in [6.07, 6.45) is 2.25. The summed E-state index contributed by atoms with van der Waals surface area (Å²) in [4.78, 5) is 43.7. The minimum atomic E-state index is -0.893. The number of hydrogen-bond acceptors (Lipinski definition) is 6. The van der Waals surface area contributed by atoms with Crippen molar-refractivity contribution >= 4 is 23.3 Å². The fourth-order valence-electron chi connectivity index (χ4n) is 3.31. The highest BCUT2D eigenvalue weighted by atomic mass is 16.5. The zero-order valence-electron chi connectivity index (χ0n) is 17.2. The van der Waals surface area contributed by atoms with Crippen LogP contribution < -0.4 is 4.90 Å². The molecule has 0 radical (unpaired) electrons.